The molecule has 0 saturated heterocycles. The number of fused-ring (bicyclic) bond motifs is 1. The molecule has 0 bridgehead atoms. The van der Waals surface area contributed by atoms with Gasteiger partial charge in [-0.3, -0.25) is 14.9 Å². The van der Waals surface area contributed by atoms with Crippen LogP contribution in [0.4, 0.5) is 21.5 Å². The molecule has 0 amide bonds. The zero-order valence-electron chi connectivity index (χ0n) is 14.7. The minimum absolute atomic E-state index is 0.122. The Morgan fingerprint density at radius 1 is 1.34 bits per heavy atom. The molecule has 0 unspecified atom stereocenters. The fraction of sp³-hybridized carbons (Fsp3) is 0.158. The van der Waals surface area contributed by atoms with E-state index in [1.807, 2.05) is 0 Å². The molecule has 1 aromatic heterocycles. The van der Waals surface area contributed by atoms with Gasteiger partial charge in [0.15, 0.2) is 11.5 Å². The maximum atomic E-state index is 14.9. The van der Waals surface area contributed by atoms with Gasteiger partial charge in [-0.2, -0.15) is 0 Å². The Hall–Kier alpha value is -3.46. The average Bonchev–Trinajstić information content (AvgIpc) is 3.49. The number of nitrogens with one attached hydrogen (secondary N) is 1. The zero-order valence-corrected chi connectivity index (χ0v) is 15.4. The van der Waals surface area contributed by atoms with Crippen LogP contribution < -0.4 is 10.7 Å². The second-order valence-corrected chi connectivity index (χ2v) is 7.06. The van der Waals surface area contributed by atoms with Gasteiger partial charge >= 0.3 is 11.7 Å². The van der Waals surface area contributed by atoms with Gasteiger partial charge in [-0.25, -0.2) is 9.18 Å². The maximum absolute atomic E-state index is 14.9. The number of benzene rings is 2. The summed E-state index contributed by atoms with van der Waals surface area (Å²) in [5.41, 5.74) is -2.52. The van der Waals surface area contributed by atoms with Crippen molar-refractivity contribution in [2.45, 2.75) is 18.9 Å². The summed E-state index contributed by atoms with van der Waals surface area (Å²) in [6.45, 7) is 0. The lowest BCUT2D eigenvalue weighted by Gasteiger charge is -2.15. The number of carbonyl (C=O) groups is 1. The summed E-state index contributed by atoms with van der Waals surface area (Å²) < 4.78 is 16.3. The number of nitro benzene ring substituents is 1. The minimum Gasteiger partial charge on any atom is -0.477 e. The largest absolute Gasteiger partial charge is 0.477 e. The number of nitrogens with zero attached hydrogens (tertiary/aromatic N) is 2. The number of pyridine rings is 1. The van der Waals surface area contributed by atoms with Crippen molar-refractivity contribution >= 4 is 45.5 Å². The highest BCUT2D eigenvalue weighted by Crippen LogP contribution is 2.43. The summed E-state index contributed by atoms with van der Waals surface area (Å²) in [4.78, 5) is 35.2. The summed E-state index contributed by atoms with van der Waals surface area (Å²) in [6, 6.07) is 6.96. The van der Waals surface area contributed by atoms with Crippen molar-refractivity contribution in [3.63, 3.8) is 0 Å². The van der Waals surface area contributed by atoms with Crippen molar-refractivity contribution < 1.29 is 19.2 Å². The first-order chi connectivity index (χ1) is 13.8. The maximum Gasteiger partial charge on any atom is 0.341 e. The molecule has 0 atom stereocenters. The predicted octanol–water partition coefficient (Wildman–Crippen LogP) is 4.48. The number of halogens is 2. The molecule has 8 nitrogen and oxygen atoms in total. The Labute approximate surface area is 167 Å². The highest BCUT2D eigenvalue weighted by atomic mass is 35.5. The van der Waals surface area contributed by atoms with Crippen molar-refractivity contribution in [1.82, 2.24) is 4.57 Å². The molecular formula is C19H13ClFN3O5. The zero-order chi connectivity index (χ0) is 20.9. The Bertz CT molecular complexity index is 1250. The molecular weight excluding hydrogens is 405 g/mol. The van der Waals surface area contributed by atoms with Crippen LogP contribution in [0.2, 0.25) is 5.02 Å². The van der Waals surface area contributed by atoms with E-state index in [0.29, 0.717) is 12.8 Å². The second kappa shape index (κ2) is 6.85. The van der Waals surface area contributed by atoms with E-state index in [0.717, 1.165) is 12.3 Å². The van der Waals surface area contributed by atoms with Crippen LogP contribution >= 0.6 is 11.6 Å². The monoisotopic (exact) mass is 417 g/mol. The standard InChI is InChI=1S/C19H13ClFN3O5/c20-12-3-1-2-4-14(12)22-15-13(21)7-10-16(17(15)24(28)29)23(9-5-6-9)8-11(18(10)25)19(26)27/h1-4,7-9,22H,5-6H2,(H,26,27). The van der Waals surface area contributed by atoms with Gasteiger partial charge in [-0.05, 0) is 31.0 Å². The number of nitro groups is 1. The predicted molar refractivity (Wildman–Crippen MR) is 105 cm³/mol. The molecule has 1 saturated carbocycles. The summed E-state index contributed by atoms with van der Waals surface area (Å²) in [6.07, 6.45) is 2.42. The number of carboxylic acid groups (broad SMARTS) is 1. The van der Waals surface area contributed by atoms with E-state index in [-0.39, 0.29) is 27.7 Å². The number of para-hydroxylation sites is 1. The Morgan fingerprint density at radius 2 is 2.03 bits per heavy atom. The Morgan fingerprint density at radius 3 is 2.62 bits per heavy atom. The van der Waals surface area contributed by atoms with Crippen LogP contribution in [0.3, 0.4) is 0 Å². The van der Waals surface area contributed by atoms with Gasteiger partial charge in [-0.1, -0.05) is 23.7 Å². The number of aromatic carboxylic acids is 1. The van der Waals surface area contributed by atoms with Crippen LogP contribution in [0.1, 0.15) is 29.2 Å². The number of carboxylic acids is 1. The molecule has 148 valence electrons. The van der Waals surface area contributed by atoms with E-state index < -0.39 is 39.1 Å². The molecule has 0 aliphatic heterocycles. The van der Waals surface area contributed by atoms with Crippen LogP contribution in [-0.4, -0.2) is 20.6 Å². The van der Waals surface area contributed by atoms with Crippen molar-refractivity contribution in [1.29, 1.82) is 0 Å². The molecule has 1 heterocycles. The third kappa shape index (κ3) is 3.19. The SMILES string of the molecule is O=C(O)c1cn(C2CC2)c2c([N+](=O)[O-])c(Nc3ccccc3Cl)c(F)cc2c1=O. The lowest BCUT2D eigenvalue weighted by Crippen LogP contribution is -2.20. The fourth-order valence-electron chi connectivity index (χ4n) is 3.26. The summed E-state index contributed by atoms with van der Waals surface area (Å²) in [5.74, 6) is -2.54. The smallest absolute Gasteiger partial charge is 0.341 e. The van der Waals surface area contributed by atoms with E-state index >= 15 is 0 Å². The minimum atomic E-state index is -1.48. The van der Waals surface area contributed by atoms with Gasteiger partial charge in [-0.15, -0.1) is 0 Å². The Balaban J connectivity index is 2.09. The highest BCUT2D eigenvalue weighted by Gasteiger charge is 2.33. The van der Waals surface area contributed by atoms with E-state index in [2.05, 4.69) is 5.32 Å². The van der Waals surface area contributed by atoms with Crippen LogP contribution in [0.5, 0.6) is 0 Å². The third-order valence-corrected chi connectivity index (χ3v) is 5.06. The van der Waals surface area contributed by atoms with Gasteiger partial charge in [0, 0.05) is 12.2 Å². The Kier molecular flexibility index (Phi) is 4.46. The third-order valence-electron chi connectivity index (χ3n) is 4.73. The van der Waals surface area contributed by atoms with Gasteiger partial charge in [0.25, 0.3) is 0 Å². The molecule has 0 spiro atoms. The first-order valence-corrected chi connectivity index (χ1v) is 8.98. The molecule has 3 aromatic rings. The quantitative estimate of drug-likeness (QED) is 0.467. The topological polar surface area (TPSA) is 114 Å². The number of hydrogen-bond donors (Lipinski definition) is 2. The van der Waals surface area contributed by atoms with Crippen molar-refractivity contribution in [3.8, 4) is 0 Å². The fourth-order valence-corrected chi connectivity index (χ4v) is 3.44. The molecule has 1 aliphatic rings. The van der Waals surface area contributed by atoms with Gasteiger partial charge < -0.3 is 15.0 Å². The lowest BCUT2D eigenvalue weighted by atomic mass is 10.1. The number of anilines is 2. The molecule has 4 rings (SSSR count). The summed E-state index contributed by atoms with van der Waals surface area (Å²) >= 11 is 6.07. The highest BCUT2D eigenvalue weighted by molar-refractivity contribution is 6.33. The molecule has 2 aromatic carbocycles. The lowest BCUT2D eigenvalue weighted by molar-refractivity contribution is -0.382. The summed E-state index contributed by atoms with van der Waals surface area (Å²) in [5, 5.41) is 23.7. The molecule has 0 radical (unpaired) electrons. The van der Waals surface area contributed by atoms with Gasteiger partial charge in [0.2, 0.25) is 5.43 Å². The first kappa shape index (κ1) is 18.9. The van der Waals surface area contributed by atoms with Gasteiger partial charge in [0.05, 0.1) is 21.0 Å². The second-order valence-electron chi connectivity index (χ2n) is 6.66. The molecule has 1 aliphatic carbocycles. The van der Waals surface area contributed by atoms with Crippen LogP contribution in [0, 0.1) is 15.9 Å². The van der Waals surface area contributed by atoms with E-state index in [9.17, 15) is 29.2 Å². The van der Waals surface area contributed by atoms with Crippen LogP contribution in [0.15, 0.2) is 41.3 Å². The molecule has 1 fully saturated rings. The first-order valence-electron chi connectivity index (χ1n) is 8.60. The van der Waals surface area contributed by atoms with E-state index in [1.54, 1.807) is 12.1 Å². The van der Waals surface area contributed by atoms with Crippen molar-refractivity contribution in [2.75, 3.05) is 5.32 Å². The van der Waals surface area contributed by atoms with Crippen LogP contribution in [0.25, 0.3) is 10.9 Å². The molecule has 29 heavy (non-hydrogen) atoms. The molecule has 10 heteroatoms. The number of aromatic nitrogens is 1. The van der Waals surface area contributed by atoms with Crippen molar-refractivity contribution in [2.24, 2.45) is 0 Å². The normalized spacial score (nSPS) is 13.4. The average molecular weight is 418 g/mol. The molecule has 2 N–H and O–H groups in total. The van der Waals surface area contributed by atoms with Crippen LogP contribution in [-0.2, 0) is 0 Å². The number of hydrogen-bond acceptors (Lipinski definition) is 5. The van der Waals surface area contributed by atoms with Gasteiger partial charge in [0.1, 0.15) is 11.1 Å². The van der Waals surface area contributed by atoms with Crippen molar-refractivity contribution in [3.05, 3.63) is 73.3 Å². The van der Waals surface area contributed by atoms with E-state index in [1.165, 1.54) is 16.7 Å². The number of rotatable bonds is 5. The van der Waals surface area contributed by atoms with E-state index in [4.69, 9.17) is 11.6 Å². The summed E-state index contributed by atoms with van der Waals surface area (Å²) in [7, 11) is 0.